The van der Waals surface area contributed by atoms with Crippen molar-refractivity contribution in [2.75, 3.05) is 26.8 Å². The summed E-state index contributed by atoms with van der Waals surface area (Å²) >= 11 is 0. The summed E-state index contributed by atoms with van der Waals surface area (Å²) < 4.78 is 9.45. The normalized spacial score (nSPS) is 21.3. The van der Waals surface area contributed by atoms with E-state index < -0.39 is 24.6 Å². The first-order chi connectivity index (χ1) is 9.47. The largest absolute Gasteiger partial charge is 0.480 e. The van der Waals surface area contributed by atoms with E-state index in [1.54, 1.807) is 6.92 Å². The van der Waals surface area contributed by atoms with Crippen LogP contribution in [0.15, 0.2) is 0 Å². The highest BCUT2D eigenvalue weighted by atomic mass is 16.5. The summed E-state index contributed by atoms with van der Waals surface area (Å²) in [6.45, 7) is 1.79. The van der Waals surface area contributed by atoms with Crippen molar-refractivity contribution in [3.63, 3.8) is 0 Å². The zero-order chi connectivity index (χ0) is 15.1. The molecular formula is C12H20N2O6. The summed E-state index contributed by atoms with van der Waals surface area (Å²) in [4.78, 5) is 34.8. The SMILES string of the molecule is CCOC(=O)[C@H]1CC[C@@H](CN(CC(=O)O)C(=O)OC)N1. The predicted molar refractivity (Wildman–Crippen MR) is 68.2 cm³/mol. The molecule has 0 radical (unpaired) electrons. The van der Waals surface area contributed by atoms with Gasteiger partial charge in [0, 0.05) is 12.6 Å². The summed E-state index contributed by atoms with van der Waals surface area (Å²) in [5.74, 6) is -1.44. The molecule has 0 saturated carbocycles. The van der Waals surface area contributed by atoms with Gasteiger partial charge in [-0.25, -0.2) is 4.79 Å². The molecule has 0 aromatic heterocycles. The van der Waals surface area contributed by atoms with Gasteiger partial charge >= 0.3 is 18.0 Å². The van der Waals surface area contributed by atoms with Gasteiger partial charge in [0.05, 0.1) is 13.7 Å². The smallest absolute Gasteiger partial charge is 0.410 e. The van der Waals surface area contributed by atoms with E-state index in [0.717, 1.165) is 4.90 Å². The maximum Gasteiger partial charge on any atom is 0.410 e. The third kappa shape index (κ3) is 4.69. The van der Waals surface area contributed by atoms with Gasteiger partial charge in [0.1, 0.15) is 12.6 Å². The maximum atomic E-state index is 11.6. The molecule has 1 aliphatic rings. The Bertz CT molecular complexity index is 373. The number of carboxylic acid groups (broad SMARTS) is 1. The molecule has 1 saturated heterocycles. The van der Waals surface area contributed by atoms with E-state index in [2.05, 4.69) is 10.1 Å². The van der Waals surface area contributed by atoms with E-state index in [9.17, 15) is 14.4 Å². The van der Waals surface area contributed by atoms with Crippen LogP contribution in [0.5, 0.6) is 0 Å². The molecule has 0 spiro atoms. The Kier molecular flexibility index (Phi) is 6.23. The molecule has 0 unspecified atom stereocenters. The maximum absolute atomic E-state index is 11.6. The second-order valence-corrected chi connectivity index (χ2v) is 4.49. The van der Waals surface area contributed by atoms with Crippen molar-refractivity contribution < 1.29 is 29.0 Å². The van der Waals surface area contributed by atoms with Crippen LogP contribution in [0.4, 0.5) is 4.79 Å². The van der Waals surface area contributed by atoms with Crippen LogP contribution in [-0.4, -0.2) is 66.9 Å². The Balaban J connectivity index is 2.52. The zero-order valence-electron chi connectivity index (χ0n) is 11.6. The van der Waals surface area contributed by atoms with Gasteiger partial charge in [-0.3, -0.25) is 19.8 Å². The standard InChI is InChI=1S/C12H20N2O6/c1-3-20-11(17)9-5-4-8(13-9)6-14(7-10(15)16)12(18)19-2/h8-9,13H,3-7H2,1-2H3,(H,15,16)/t8-,9+/m0/s1. The van der Waals surface area contributed by atoms with E-state index in [0.29, 0.717) is 19.4 Å². The lowest BCUT2D eigenvalue weighted by Gasteiger charge is -2.23. The molecule has 20 heavy (non-hydrogen) atoms. The molecule has 114 valence electrons. The fourth-order valence-electron chi connectivity index (χ4n) is 2.15. The van der Waals surface area contributed by atoms with Gasteiger partial charge in [0.25, 0.3) is 0 Å². The number of aliphatic carboxylic acids is 1. The number of carbonyl (C=O) groups excluding carboxylic acids is 2. The number of carbonyl (C=O) groups is 3. The first-order valence-corrected chi connectivity index (χ1v) is 6.45. The summed E-state index contributed by atoms with van der Waals surface area (Å²) in [7, 11) is 1.20. The van der Waals surface area contributed by atoms with Crippen LogP contribution in [0.2, 0.25) is 0 Å². The number of methoxy groups -OCH3 is 1. The lowest BCUT2D eigenvalue weighted by atomic mass is 10.2. The quantitative estimate of drug-likeness (QED) is 0.653. The van der Waals surface area contributed by atoms with Crippen LogP contribution >= 0.6 is 0 Å². The summed E-state index contributed by atoms with van der Waals surface area (Å²) in [5, 5.41) is 11.8. The number of hydrogen-bond donors (Lipinski definition) is 2. The number of esters is 1. The van der Waals surface area contributed by atoms with Gasteiger partial charge in [-0.2, -0.15) is 0 Å². The third-order valence-corrected chi connectivity index (χ3v) is 3.01. The van der Waals surface area contributed by atoms with Gasteiger partial charge in [0.2, 0.25) is 0 Å². The second-order valence-electron chi connectivity index (χ2n) is 4.49. The van der Waals surface area contributed by atoms with Crippen molar-refractivity contribution in [3.05, 3.63) is 0 Å². The van der Waals surface area contributed by atoms with Crippen molar-refractivity contribution >= 4 is 18.0 Å². The summed E-state index contributed by atoms with van der Waals surface area (Å²) in [5.41, 5.74) is 0. The molecule has 1 rings (SSSR count). The number of nitrogens with zero attached hydrogens (tertiary/aromatic N) is 1. The Morgan fingerprint density at radius 3 is 2.60 bits per heavy atom. The molecule has 1 fully saturated rings. The Labute approximate surface area is 117 Å². The highest BCUT2D eigenvalue weighted by Gasteiger charge is 2.32. The van der Waals surface area contributed by atoms with Gasteiger partial charge in [-0.15, -0.1) is 0 Å². The fourth-order valence-corrected chi connectivity index (χ4v) is 2.15. The Morgan fingerprint density at radius 2 is 2.05 bits per heavy atom. The molecular weight excluding hydrogens is 268 g/mol. The Morgan fingerprint density at radius 1 is 1.35 bits per heavy atom. The van der Waals surface area contributed by atoms with E-state index in [-0.39, 0.29) is 18.6 Å². The van der Waals surface area contributed by atoms with Crippen LogP contribution in [0, 0.1) is 0 Å². The van der Waals surface area contributed by atoms with Crippen LogP contribution in [0.1, 0.15) is 19.8 Å². The van der Waals surface area contributed by atoms with E-state index in [1.807, 2.05) is 0 Å². The minimum Gasteiger partial charge on any atom is -0.480 e. The molecule has 1 amide bonds. The van der Waals surface area contributed by atoms with Crippen molar-refractivity contribution in [1.82, 2.24) is 10.2 Å². The van der Waals surface area contributed by atoms with Crippen molar-refractivity contribution in [1.29, 1.82) is 0 Å². The highest BCUT2D eigenvalue weighted by Crippen LogP contribution is 2.15. The fraction of sp³-hybridized carbons (Fsp3) is 0.750. The molecule has 0 bridgehead atoms. The molecule has 1 heterocycles. The molecule has 0 aliphatic carbocycles. The zero-order valence-corrected chi connectivity index (χ0v) is 11.6. The van der Waals surface area contributed by atoms with Crippen LogP contribution in [0.3, 0.4) is 0 Å². The summed E-state index contributed by atoms with van der Waals surface area (Å²) in [6.07, 6.45) is 0.566. The molecule has 8 heteroatoms. The lowest BCUT2D eigenvalue weighted by molar-refractivity contribution is -0.145. The minimum absolute atomic E-state index is 0.150. The molecule has 2 atom stereocenters. The van der Waals surface area contributed by atoms with Gasteiger partial charge < -0.3 is 14.6 Å². The van der Waals surface area contributed by atoms with Gasteiger partial charge in [0.15, 0.2) is 0 Å². The average molecular weight is 288 g/mol. The van der Waals surface area contributed by atoms with Gasteiger partial charge in [-0.1, -0.05) is 0 Å². The number of rotatable bonds is 6. The lowest BCUT2D eigenvalue weighted by Crippen LogP contribution is -2.46. The van der Waals surface area contributed by atoms with Crippen molar-refractivity contribution in [3.8, 4) is 0 Å². The first kappa shape index (κ1) is 16.2. The van der Waals surface area contributed by atoms with Crippen LogP contribution in [0.25, 0.3) is 0 Å². The highest BCUT2D eigenvalue weighted by molar-refractivity contribution is 5.77. The Hall–Kier alpha value is -1.83. The van der Waals surface area contributed by atoms with Crippen LogP contribution in [-0.2, 0) is 19.1 Å². The van der Waals surface area contributed by atoms with E-state index >= 15 is 0 Å². The molecule has 1 aliphatic heterocycles. The van der Waals surface area contributed by atoms with Crippen molar-refractivity contribution in [2.45, 2.75) is 31.8 Å². The minimum atomic E-state index is -1.12. The van der Waals surface area contributed by atoms with Crippen LogP contribution < -0.4 is 5.32 Å². The number of ether oxygens (including phenoxy) is 2. The third-order valence-electron chi connectivity index (χ3n) is 3.01. The molecule has 8 nitrogen and oxygen atoms in total. The molecule has 2 N–H and O–H groups in total. The first-order valence-electron chi connectivity index (χ1n) is 6.45. The van der Waals surface area contributed by atoms with Crippen molar-refractivity contribution in [2.24, 2.45) is 0 Å². The second kappa shape index (κ2) is 7.68. The monoisotopic (exact) mass is 288 g/mol. The van der Waals surface area contributed by atoms with E-state index in [4.69, 9.17) is 9.84 Å². The number of carboxylic acids is 1. The number of nitrogens with one attached hydrogen (secondary N) is 1. The molecule has 0 aromatic carbocycles. The predicted octanol–water partition coefficient (Wildman–Crippen LogP) is -0.177. The topological polar surface area (TPSA) is 105 Å². The summed E-state index contributed by atoms with van der Waals surface area (Å²) in [6, 6.07) is -0.549. The molecule has 0 aromatic rings. The van der Waals surface area contributed by atoms with E-state index in [1.165, 1.54) is 7.11 Å². The number of amides is 1. The number of hydrogen-bond acceptors (Lipinski definition) is 6. The van der Waals surface area contributed by atoms with Gasteiger partial charge in [-0.05, 0) is 19.8 Å². The average Bonchev–Trinajstić information content (AvgIpc) is 2.85.